The van der Waals surface area contributed by atoms with Gasteiger partial charge in [0.2, 0.25) is 0 Å². The van der Waals surface area contributed by atoms with Crippen molar-refractivity contribution in [3.8, 4) is 0 Å². The zero-order valence-corrected chi connectivity index (χ0v) is 14.1. The van der Waals surface area contributed by atoms with Crippen LogP contribution in [-0.4, -0.2) is 40.1 Å². The van der Waals surface area contributed by atoms with E-state index in [4.69, 9.17) is 11.6 Å². The van der Waals surface area contributed by atoms with E-state index >= 15 is 0 Å². The molecule has 126 valence electrons. The van der Waals surface area contributed by atoms with Gasteiger partial charge in [-0.05, 0) is 30.8 Å². The number of thioether (sulfide) groups is 1. The van der Waals surface area contributed by atoms with Gasteiger partial charge in [-0.1, -0.05) is 11.6 Å². The number of rotatable bonds is 4. The summed E-state index contributed by atoms with van der Waals surface area (Å²) in [6, 6.07) is 2.67. The molecule has 0 bridgehead atoms. The zero-order valence-electron chi connectivity index (χ0n) is 12.5. The topological polar surface area (TPSA) is 107 Å². The molecule has 8 nitrogen and oxygen atoms in total. The minimum Gasteiger partial charge on any atom is -0.467 e. The Labute approximate surface area is 145 Å². The summed E-state index contributed by atoms with van der Waals surface area (Å²) in [6.07, 6.45) is 1.28. The van der Waals surface area contributed by atoms with Crippen LogP contribution in [0.3, 0.4) is 0 Å². The molecular formula is C14H11ClN2O6S. The van der Waals surface area contributed by atoms with Crippen LogP contribution < -0.4 is 0 Å². The number of carbonyl (C=O) groups excluding carboxylic acids is 3. The molecule has 1 fully saturated rings. The van der Waals surface area contributed by atoms with Gasteiger partial charge < -0.3 is 4.74 Å². The Morgan fingerprint density at radius 2 is 2.12 bits per heavy atom. The maximum atomic E-state index is 12.3. The van der Waals surface area contributed by atoms with E-state index in [2.05, 4.69) is 4.74 Å². The van der Waals surface area contributed by atoms with E-state index in [-0.39, 0.29) is 21.2 Å². The summed E-state index contributed by atoms with van der Waals surface area (Å²) < 4.78 is 4.53. The van der Waals surface area contributed by atoms with Gasteiger partial charge in [-0.25, -0.2) is 4.79 Å². The lowest BCUT2D eigenvalue weighted by Crippen LogP contribution is -2.42. The summed E-state index contributed by atoms with van der Waals surface area (Å²) in [7, 11) is 1.15. The van der Waals surface area contributed by atoms with Crippen LogP contribution in [0, 0.1) is 10.1 Å². The normalized spacial score (nSPS) is 17.3. The Kier molecular flexibility index (Phi) is 5.25. The second-order valence-electron chi connectivity index (χ2n) is 4.71. The molecule has 10 heteroatoms. The van der Waals surface area contributed by atoms with Crippen LogP contribution in [-0.2, 0) is 14.3 Å². The van der Waals surface area contributed by atoms with Gasteiger partial charge in [-0.3, -0.25) is 24.6 Å². The Balaban J connectivity index is 2.37. The zero-order chi connectivity index (χ0) is 18.0. The van der Waals surface area contributed by atoms with Crippen molar-refractivity contribution in [3.63, 3.8) is 0 Å². The first-order valence-corrected chi connectivity index (χ1v) is 7.74. The molecule has 1 aromatic rings. The predicted octanol–water partition coefficient (Wildman–Crippen LogP) is 2.85. The molecule has 1 aromatic carbocycles. The van der Waals surface area contributed by atoms with Gasteiger partial charge in [0.25, 0.3) is 16.8 Å². The maximum absolute atomic E-state index is 12.3. The van der Waals surface area contributed by atoms with Gasteiger partial charge in [-0.2, -0.15) is 0 Å². The molecule has 0 aliphatic carbocycles. The van der Waals surface area contributed by atoms with Crippen molar-refractivity contribution in [2.45, 2.75) is 13.0 Å². The Hall–Kier alpha value is -2.39. The monoisotopic (exact) mass is 370 g/mol. The first-order chi connectivity index (χ1) is 11.3. The van der Waals surface area contributed by atoms with Gasteiger partial charge in [0.1, 0.15) is 6.04 Å². The highest BCUT2D eigenvalue weighted by atomic mass is 35.5. The predicted molar refractivity (Wildman–Crippen MR) is 87.4 cm³/mol. The number of amides is 2. The summed E-state index contributed by atoms with van der Waals surface area (Å²) in [5.74, 6) is -1.42. The van der Waals surface area contributed by atoms with Gasteiger partial charge in [-0.15, -0.1) is 0 Å². The minimum absolute atomic E-state index is 0.0122. The number of ether oxygens (including phenoxy) is 1. The lowest BCUT2D eigenvalue weighted by molar-refractivity contribution is -0.384. The maximum Gasteiger partial charge on any atom is 0.328 e. The number of nitro benzene ring substituents is 1. The molecule has 0 unspecified atom stereocenters. The van der Waals surface area contributed by atoms with E-state index in [0.717, 1.165) is 12.0 Å². The van der Waals surface area contributed by atoms with Crippen molar-refractivity contribution in [1.82, 2.24) is 4.90 Å². The number of nitro groups is 1. The third-order valence-electron chi connectivity index (χ3n) is 3.23. The Morgan fingerprint density at radius 1 is 1.46 bits per heavy atom. The molecule has 0 radical (unpaired) electrons. The molecule has 24 heavy (non-hydrogen) atoms. The first kappa shape index (κ1) is 18.0. The summed E-state index contributed by atoms with van der Waals surface area (Å²) in [5, 5.41) is 10.4. The van der Waals surface area contributed by atoms with Crippen LogP contribution in [0.4, 0.5) is 10.5 Å². The number of carbonyl (C=O) groups is 3. The van der Waals surface area contributed by atoms with E-state index in [0.29, 0.717) is 11.8 Å². The average Bonchev–Trinajstić information content (AvgIpc) is 2.81. The van der Waals surface area contributed by atoms with E-state index in [1.807, 2.05) is 0 Å². The molecule has 1 aliphatic heterocycles. The third-order valence-corrected chi connectivity index (χ3v) is 4.46. The van der Waals surface area contributed by atoms with Crippen molar-refractivity contribution >= 4 is 52.2 Å². The smallest absolute Gasteiger partial charge is 0.328 e. The molecule has 0 aromatic heterocycles. The van der Waals surface area contributed by atoms with E-state index < -0.39 is 28.1 Å². The highest BCUT2D eigenvalue weighted by Crippen LogP contribution is 2.35. The molecule has 1 aliphatic rings. The number of halogens is 1. The Bertz CT molecular complexity index is 779. The Morgan fingerprint density at radius 3 is 2.71 bits per heavy atom. The number of methoxy groups -OCH3 is 1. The van der Waals surface area contributed by atoms with Crippen LogP contribution in [0.25, 0.3) is 6.08 Å². The highest BCUT2D eigenvalue weighted by molar-refractivity contribution is 8.18. The molecule has 1 atom stereocenters. The minimum atomic E-state index is -1.08. The largest absolute Gasteiger partial charge is 0.467 e. The van der Waals surface area contributed by atoms with Crippen molar-refractivity contribution in [2.75, 3.05) is 7.11 Å². The standard InChI is InChI=1S/C14H11ClN2O6S/c1-7(13(19)23-2)16-12(18)11(24-14(16)20)6-8-5-9(17(21)22)3-4-10(8)15/h3-7H,1-2H3/b11-6-/t7-/m0/s1. The number of non-ortho nitro benzene ring substituents is 1. The van der Waals surface area contributed by atoms with E-state index in [1.165, 1.54) is 31.2 Å². The molecule has 1 saturated heterocycles. The number of nitrogens with zero attached hydrogens (tertiary/aromatic N) is 2. The van der Waals surface area contributed by atoms with Crippen molar-refractivity contribution in [3.05, 3.63) is 43.8 Å². The van der Waals surface area contributed by atoms with E-state index in [1.54, 1.807) is 0 Å². The van der Waals surface area contributed by atoms with Gasteiger partial charge >= 0.3 is 5.97 Å². The van der Waals surface area contributed by atoms with Crippen molar-refractivity contribution in [1.29, 1.82) is 0 Å². The second kappa shape index (κ2) is 7.02. The first-order valence-electron chi connectivity index (χ1n) is 6.55. The molecule has 0 spiro atoms. The van der Waals surface area contributed by atoms with Gasteiger partial charge in [0.15, 0.2) is 0 Å². The molecule has 1 heterocycles. The lowest BCUT2D eigenvalue weighted by atomic mass is 10.1. The number of imide groups is 1. The number of hydrogen-bond donors (Lipinski definition) is 0. The quantitative estimate of drug-likeness (QED) is 0.347. The van der Waals surface area contributed by atoms with Crippen LogP contribution in [0.2, 0.25) is 5.02 Å². The molecular weight excluding hydrogens is 360 g/mol. The third kappa shape index (κ3) is 3.41. The summed E-state index contributed by atoms with van der Waals surface area (Å²) in [4.78, 5) is 46.9. The fraction of sp³-hybridized carbons (Fsp3) is 0.214. The number of hydrogen-bond acceptors (Lipinski definition) is 7. The van der Waals surface area contributed by atoms with Crippen LogP contribution >= 0.6 is 23.4 Å². The van der Waals surface area contributed by atoms with Crippen molar-refractivity contribution in [2.24, 2.45) is 0 Å². The SMILES string of the molecule is COC(=O)[C@H](C)N1C(=O)S/C(=C\c2cc([N+](=O)[O-])ccc2Cl)C1=O. The van der Waals surface area contributed by atoms with E-state index in [9.17, 15) is 24.5 Å². The summed E-state index contributed by atoms with van der Waals surface area (Å²) in [6.45, 7) is 1.37. The molecule has 0 N–H and O–H groups in total. The number of esters is 1. The molecule has 2 amide bonds. The summed E-state index contributed by atoms with van der Waals surface area (Å²) in [5.41, 5.74) is 0.0231. The fourth-order valence-electron chi connectivity index (χ4n) is 1.99. The van der Waals surface area contributed by atoms with Crippen LogP contribution in [0.15, 0.2) is 23.1 Å². The molecule has 0 saturated carbocycles. The number of benzene rings is 1. The van der Waals surface area contributed by atoms with Gasteiger partial charge in [0.05, 0.1) is 16.9 Å². The average molecular weight is 371 g/mol. The highest BCUT2D eigenvalue weighted by Gasteiger charge is 2.41. The molecule has 2 rings (SSSR count). The van der Waals surface area contributed by atoms with Crippen LogP contribution in [0.1, 0.15) is 12.5 Å². The fourth-order valence-corrected chi connectivity index (χ4v) is 3.06. The van der Waals surface area contributed by atoms with Crippen molar-refractivity contribution < 1.29 is 24.0 Å². The van der Waals surface area contributed by atoms with Crippen LogP contribution in [0.5, 0.6) is 0 Å². The second-order valence-corrected chi connectivity index (χ2v) is 6.11. The summed E-state index contributed by atoms with van der Waals surface area (Å²) >= 11 is 6.59. The van der Waals surface area contributed by atoms with Gasteiger partial charge in [0, 0.05) is 22.7 Å². The lowest BCUT2D eigenvalue weighted by Gasteiger charge is -2.18.